The molecule has 0 aliphatic heterocycles. The van der Waals surface area contributed by atoms with Crippen molar-refractivity contribution in [2.75, 3.05) is 7.11 Å². The summed E-state index contributed by atoms with van der Waals surface area (Å²) in [6.45, 7) is 7.09. The summed E-state index contributed by atoms with van der Waals surface area (Å²) in [4.78, 5) is 21.7. The fraction of sp³-hybridized carbons (Fsp3) is 0.360. The molecule has 4 rings (SSSR count). The molecule has 0 saturated carbocycles. The van der Waals surface area contributed by atoms with Crippen molar-refractivity contribution >= 4 is 16.8 Å². The second-order valence-corrected chi connectivity index (χ2v) is 8.20. The highest BCUT2D eigenvalue weighted by atomic mass is 16.5. The molecule has 4 aromatic rings. The average molecular weight is 447 g/mol. The Hall–Kier alpha value is -3.68. The number of carbonyl (C=O) groups is 1. The highest BCUT2D eigenvalue weighted by Crippen LogP contribution is 2.33. The predicted octanol–water partition coefficient (Wildman–Crippen LogP) is 3.73. The van der Waals surface area contributed by atoms with E-state index >= 15 is 0 Å². The molecule has 0 aliphatic rings. The Morgan fingerprint density at radius 2 is 2.00 bits per heavy atom. The van der Waals surface area contributed by atoms with E-state index in [0.717, 1.165) is 51.3 Å². The standard InChI is InChI=1S/C25H30N6O2/c1-6-31-14-18(16(2)29-31)7-10-24(32)27-13-19-12-26-17(3)28-25(19)22-15-30(4)23-9-8-20(33-5)11-21(22)23/h8-9,11-12,14-15H,6-7,10,13H2,1-5H3,(H,27,32). The quantitative estimate of drug-likeness (QED) is 0.446. The number of amides is 1. The molecule has 8 heteroatoms. The van der Waals surface area contributed by atoms with Gasteiger partial charge in [0.25, 0.3) is 0 Å². The first-order valence-corrected chi connectivity index (χ1v) is 11.1. The third-order valence-electron chi connectivity index (χ3n) is 5.91. The zero-order valence-electron chi connectivity index (χ0n) is 19.8. The van der Waals surface area contributed by atoms with Crippen LogP contribution in [0.5, 0.6) is 5.75 Å². The van der Waals surface area contributed by atoms with E-state index < -0.39 is 0 Å². The van der Waals surface area contributed by atoms with Crippen LogP contribution < -0.4 is 10.1 Å². The van der Waals surface area contributed by atoms with E-state index in [-0.39, 0.29) is 5.91 Å². The van der Waals surface area contributed by atoms with Gasteiger partial charge in [0.05, 0.1) is 18.5 Å². The summed E-state index contributed by atoms with van der Waals surface area (Å²) >= 11 is 0. The first-order valence-electron chi connectivity index (χ1n) is 11.1. The van der Waals surface area contributed by atoms with Crippen LogP contribution in [0.25, 0.3) is 22.2 Å². The van der Waals surface area contributed by atoms with Crippen LogP contribution >= 0.6 is 0 Å². The molecular formula is C25H30N6O2. The molecule has 1 aromatic carbocycles. The average Bonchev–Trinajstić information content (AvgIpc) is 3.35. The summed E-state index contributed by atoms with van der Waals surface area (Å²) in [6, 6.07) is 6.00. The highest BCUT2D eigenvalue weighted by molar-refractivity contribution is 5.96. The second-order valence-electron chi connectivity index (χ2n) is 8.20. The Kier molecular flexibility index (Phi) is 6.44. The fourth-order valence-electron chi connectivity index (χ4n) is 4.04. The summed E-state index contributed by atoms with van der Waals surface area (Å²) in [5, 5.41) is 8.54. The number of carbonyl (C=O) groups excluding carboxylic acids is 1. The molecule has 0 unspecified atom stereocenters. The number of methoxy groups -OCH3 is 1. The summed E-state index contributed by atoms with van der Waals surface area (Å²) in [5.74, 6) is 1.46. The number of hydrogen-bond acceptors (Lipinski definition) is 5. The minimum atomic E-state index is -0.00948. The summed E-state index contributed by atoms with van der Waals surface area (Å²) in [6.07, 6.45) is 6.95. The lowest BCUT2D eigenvalue weighted by atomic mass is 10.1. The molecular weight excluding hydrogens is 416 g/mol. The van der Waals surface area contributed by atoms with E-state index in [1.165, 1.54) is 0 Å². The predicted molar refractivity (Wildman–Crippen MR) is 128 cm³/mol. The van der Waals surface area contributed by atoms with E-state index in [1.807, 2.05) is 50.0 Å². The zero-order valence-corrected chi connectivity index (χ0v) is 19.8. The van der Waals surface area contributed by atoms with Gasteiger partial charge in [-0.3, -0.25) is 9.48 Å². The van der Waals surface area contributed by atoms with Gasteiger partial charge < -0.3 is 14.6 Å². The van der Waals surface area contributed by atoms with Gasteiger partial charge in [0.15, 0.2) is 0 Å². The Morgan fingerprint density at radius 3 is 2.73 bits per heavy atom. The van der Waals surface area contributed by atoms with Gasteiger partial charge in [-0.05, 0) is 51.0 Å². The number of nitrogens with one attached hydrogen (secondary N) is 1. The van der Waals surface area contributed by atoms with Gasteiger partial charge in [-0.15, -0.1) is 0 Å². The maximum atomic E-state index is 12.6. The van der Waals surface area contributed by atoms with Crippen LogP contribution in [-0.4, -0.2) is 37.3 Å². The Bertz CT molecular complexity index is 1300. The fourth-order valence-corrected chi connectivity index (χ4v) is 4.04. The van der Waals surface area contributed by atoms with Crippen LogP contribution in [0.1, 0.15) is 36.0 Å². The first-order chi connectivity index (χ1) is 15.9. The lowest BCUT2D eigenvalue weighted by molar-refractivity contribution is -0.121. The minimum absolute atomic E-state index is 0.00948. The molecule has 3 heterocycles. The Balaban J connectivity index is 1.54. The topological polar surface area (TPSA) is 86.9 Å². The highest BCUT2D eigenvalue weighted by Gasteiger charge is 2.16. The lowest BCUT2D eigenvalue weighted by Crippen LogP contribution is -2.23. The second kappa shape index (κ2) is 9.44. The monoisotopic (exact) mass is 446 g/mol. The van der Waals surface area contributed by atoms with Crippen molar-refractivity contribution in [2.45, 2.75) is 46.7 Å². The van der Waals surface area contributed by atoms with E-state index in [2.05, 4.69) is 33.1 Å². The number of ether oxygens (including phenoxy) is 1. The molecule has 8 nitrogen and oxygen atoms in total. The van der Waals surface area contributed by atoms with Crippen LogP contribution in [0.4, 0.5) is 0 Å². The van der Waals surface area contributed by atoms with E-state index in [9.17, 15) is 4.79 Å². The maximum absolute atomic E-state index is 12.6. The number of benzene rings is 1. The van der Waals surface area contributed by atoms with Gasteiger partial charge in [-0.2, -0.15) is 5.10 Å². The van der Waals surface area contributed by atoms with Crippen molar-refractivity contribution < 1.29 is 9.53 Å². The van der Waals surface area contributed by atoms with E-state index in [1.54, 1.807) is 13.3 Å². The summed E-state index contributed by atoms with van der Waals surface area (Å²) in [5.41, 5.74) is 5.85. The van der Waals surface area contributed by atoms with Crippen molar-refractivity contribution in [3.05, 3.63) is 59.4 Å². The molecule has 0 radical (unpaired) electrons. The van der Waals surface area contributed by atoms with Crippen molar-refractivity contribution in [3.63, 3.8) is 0 Å². The largest absolute Gasteiger partial charge is 0.497 e. The molecule has 0 atom stereocenters. The number of aromatic nitrogens is 5. The molecule has 0 bridgehead atoms. The zero-order chi connectivity index (χ0) is 23.5. The normalized spacial score (nSPS) is 11.2. The van der Waals surface area contributed by atoms with Crippen molar-refractivity contribution in [1.29, 1.82) is 0 Å². The van der Waals surface area contributed by atoms with E-state index in [0.29, 0.717) is 25.2 Å². The summed E-state index contributed by atoms with van der Waals surface area (Å²) in [7, 11) is 3.67. The molecule has 0 fully saturated rings. The van der Waals surface area contributed by atoms with E-state index in [4.69, 9.17) is 9.72 Å². The number of aryl methyl sites for hydroxylation is 5. The van der Waals surface area contributed by atoms with Crippen LogP contribution in [0.2, 0.25) is 0 Å². The van der Waals surface area contributed by atoms with Gasteiger partial charge in [0.1, 0.15) is 11.6 Å². The number of hydrogen-bond donors (Lipinski definition) is 1. The number of nitrogens with zero attached hydrogens (tertiary/aromatic N) is 5. The molecule has 0 spiro atoms. The van der Waals surface area contributed by atoms with Gasteiger partial charge in [0.2, 0.25) is 5.91 Å². The van der Waals surface area contributed by atoms with Crippen molar-refractivity contribution in [1.82, 2.24) is 29.6 Å². The minimum Gasteiger partial charge on any atom is -0.497 e. The Labute approximate surface area is 193 Å². The summed E-state index contributed by atoms with van der Waals surface area (Å²) < 4.78 is 9.40. The third kappa shape index (κ3) is 4.74. The number of fused-ring (bicyclic) bond motifs is 1. The van der Waals surface area contributed by atoms with Crippen LogP contribution in [0.15, 0.2) is 36.8 Å². The van der Waals surface area contributed by atoms with Crippen molar-refractivity contribution in [2.24, 2.45) is 7.05 Å². The molecule has 0 aliphatic carbocycles. The molecule has 0 saturated heterocycles. The molecule has 172 valence electrons. The van der Waals surface area contributed by atoms with Crippen LogP contribution in [0, 0.1) is 13.8 Å². The number of rotatable bonds is 8. The lowest BCUT2D eigenvalue weighted by Gasteiger charge is -2.10. The smallest absolute Gasteiger partial charge is 0.220 e. The van der Waals surface area contributed by atoms with Gasteiger partial charge in [-0.25, -0.2) is 9.97 Å². The molecule has 1 N–H and O–H groups in total. The Morgan fingerprint density at radius 1 is 1.18 bits per heavy atom. The molecule has 1 amide bonds. The SMILES string of the molecule is CCn1cc(CCC(=O)NCc2cnc(C)nc2-c2cn(C)c3ccc(OC)cc23)c(C)n1. The third-order valence-corrected chi connectivity index (χ3v) is 5.91. The van der Waals surface area contributed by atoms with Crippen molar-refractivity contribution in [3.8, 4) is 17.0 Å². The maximum Gasteiger partial charge on any atom is 0.220 e. The van der Waals surface area contributed by atoms with Gasteiger partial charge in [0, 0.05) is 67.2 Å². The van der Waals surface area contributed by atoms with Crippen LogP contribution in [-0.2, 0) is 31.4 Å². The molecule has 3 aromatic heterocycles. The van der Waals surface area contributed by atoms with Crippen LogP contribution in [0.3, 0.4) is 0 Å². The molecule has 33 heavy (non-hydrogen) atoms. The van der Waals surface area contributed by atoms with Gasteiger partial charge in [-0.1, -0.05) is 0 Å². The first kappa shape index (κ1) is 22.5. The van der Waals surface area contributed by atoms with Gasteiger partial charge >= 0.3 is 0 Å².